The SMILES string of the molecule is CC1(C)OCC(C)(C)C(C(=O)c2ccn(-c3ccccc3O)c2CCC(N)=O)O1. The van der Waals surface area contributed by atoms with Gasteiger partial charge in [0.2, 0.25) is 5.91 Å². The monoisotopic (exact) mass is 400 g/mol. The van der Waals surface area contributed by atoms with Crippen LogP contribution in [-0.2, 0) is 20.7 Å². The molecule has 1 aromatic carbocycles. The fourth-order valence-corrected chi connectivity index (χ4v) is 3.54. The van der Waals surface area contributed by atoms with Gasteiger partial charge >= 0.3 is 0 Å². The molecule has 3 rings (SSSR count). The number of nitrogens with two attached hydrogens (primary N) is 1. The molecule has 7 heteroatoms. The average molecular weight is 400 g/mol. The maximum absolute atomic E-state index is 13.5. The van der Waals surface area contributed by atoms with Crippen LogP contribution in [-0.4, -0.2) is 39.9 Å². The minimum atomic E-state index is -0.872. The summed E-state index contributed by atoms with van der Waals surface area (Å²) in [5.41, 5.74) is 6.41. The van der Waals surface area contributed by atoms with Crippen LogP contribution in [0.5, 0.6) is 5.75 Å². The van der Waals surface area contributed by atoms with E-state index in [1.165, 1.54) is 0 Å². The number of carbonyl (C=O) groups is 2. The zero-order chi connectivity index (χ0) is 21.4. The topological polar surface area (TPSA) is 104 Å². The summed E-state index contributed by atoms with van der Waals surface area (Å²) in [7, 11) is 0. The number of phenolic OH excluding ortho intramolecular Hbond substituents is 1. The first kappa shape index (κ1) is 21.1. The fraction of sp³-hybridized carbons (Fsp3) is 0.455. The number of amides is 1. The second kappa shape index (κ2) is 7.65. The molecule has 1 atom stereocenters. The molecule has 1 aliphatic heterocycles. The minimum absolute atomic E-state index is 0.0752. The molecular formula is C22H28N2O5. The summed E-state index contributed by atoms with van der Waals surface area (Å²) in [5.74, 6) is -1.44. The Kier molecular flexibility index (Phi) is 5.56. The van der Waals surface area contributed by atoms with E-state index in [0.717, 1.165) is 0 Å². The first-order chi connectivity index (χ1) is 13.5. The molecule has 1 aromatic heterocycles. The number of para-hydroxylation sites is 2. The Morgan fingerprint density at radius 3 is 2.55 bits per heavy atom. The van der Waals surface area contributed by atoms with E-state index in [4.69, 9.17) is 15.2 Å². The Bertz CT molecular complexity index is 929. The van der Waals surface area contributed by atoms with Gasteiger partial charge < -0.3 is 24.9 Å². The molecule has 0 saturated carbocycles. The summed E-state index contributed by atoms with van der Waals surface area (Å²) < 4.78 is 13.5. The van der Waals surface area contributed by atoms with Gasteiger partial charge in [-0.2, -0.15) is 0 Å². The average Bonchev–Trinajstić information content (AvgIpc) is 3.06. The largest absolute Gasteiger partial charge is 0.506 e. The van der Waals surface area contributed by atoms with Crippen LogP contribution < -0.4 is 5.73 Å². The van der Waals surface area contributed by atoms with Crippen molar-refractivity contribution in [3.05, 3.63) is 47.8 Å². The van der Waals surface area contributed by atoms with E-state index in [0.29, 0.717) is 23.6 Å². The van der Waals surface area contributed by atoms with E-state index >= 15 is 0 Å². The summed E-state index contributed by atoms with van der Waals surface area (Å²) in [6.45, 7) is 7.79. The van der Waals surface area contributed by atoms with Crippen molar-refractivity contribution in [3.8, 4) is 11.4 Å². The second-order valence-electron chi connectivity index (χ2n) is 8.54. The first-order valence-electron chi connectivity index (χ1n) is 9.65. The van der Waals surface area contributed by atoms with Crippen LogP contribution in [0.25, 0.3) is 5.69 Å². The van der Waals surface area contributed by atoms with E-state index in [1.54, 1.807) is 54.9 Å². The summed E-state index contributed by atoms with van der Waals surface area (Å²) >= 11 is 0. The van der Waals surface area contributed by atoms with Crippen molar-refractivity contribution >= 4 is 11.7 Å². The third-order valence-corrected chi connectivity index (χ3v) is 5.15. The number of ketones is 1. The Balaban J connectivity index is 2.05. The van der Waals surface area contributed by atoms with Gasteiger partial charge in [0.25, 0.3) is 0 Å². The lowest BCUT2D eigenvalue weighted by molar-refractivity contribution is -0.298. The molecule has 0 spiro atoms. The van der Waals surface area contributed by atoms with E-state index in [9.17, 15) is 14.7 Å². The molecule has 1 aliphatic rings. The Morgan fingerprint density at radius 2 is 1.90 bits per heavy atom. The van der Waals surface area contributed by atoms with Gasteiger partial charge in [0, 0.05) is 29.3 Å². The van der Waals surface area contributed by atoms with Crippen molar-refractivity contribution in [2.75, 3.05) is 6.61 Å². The standard InChI is InChI=1S/C22H28N2O5/c1-21(2)13-28-22(3,4)29-20(21)19(27)14-11-12-24(15(14)9-10-18(23)26)16-7-5-6-8-17(16)25/h5-8,11-12,20,25H,9-10,13H2,1-4H3,(H2,23,26). The van der Waals surface area contributed by atoms with Gasteiger partial charge in [0.05, 0.1) is 12.3 Å². The van der Waals surface area contributed by atoms with Gasteiger partial charge in [-0.25, -0.2) is 0 Å². The summed E-state index contributed by atoms with van der Waals surface area (Å²) in [5, 5.41) is 10.3. The van der Waals surface area contributed by atoms with Gasteiger partial charge in [-0.05, 0) is 38.5 Å². The van der Waals surface area contributed by atoms with Crippen molar-refractivity contribution in [1.29, 1.82) is 0 Å². The van der Waals surface area contributed by atoms with Crippen LogP contribution in [0.4, 0.5) is 0 Å². The number of primary amides is 1. The van der Waals surface area contributed by atoms with Crippen LogP contribution in [0.15, 0.2) is 36.5 Å². The van der Waals surface area contributed by atoms with E-state index in [2.05, 4.69) is 0 Å². The third kappa shape index (κ3) is 4.36. The van der Waals surface area contributed by atoms with Crippen LogP contribution in [0.2, 0.25) is 0 Å². The highest BCUT2D eigenvalue weighted by atomic mass is 16.7. The number of nitrogens with zero attached hydrogens (tertiary/aromatic N) is 1. The molecule has 0 bridgehead atoms. The molecular weight excluding hydrogens is 372 g/mol. The molecule has 0 radical (unpaired) electrons. The van der Waals surface area contributed by atoms with Crippen molar-refractivity contribution in [2.45, 2.75) is 52.4 Å². The molecule has 0 aliphatic carbocycles. The molecule has 1 saturated heterocycles. The number of aromatic hydroxyl groups is 1. The normalized spacial score (nSPS) is 20.3. The van der Waals surface area contributed by atoms with Gasteiger partial charge in [0.15, 0.2) is 11.6 Å². The van der Waals surface area contributed by atoms with Gasteiger partial charge in [-0.3, -0.25) is 9.59 Å². The van der Waals surface area contributed by atoms with Crippen LogP contribution >= 0.6 is 0 Å². The molecule has 29 heavy (non-hydrogen) atoms. The lowest BCUT2D eigenvalue weighted by atomic mass is 9.81. The number of aromatic nitrogens is 1. The third-order valence-electron chi connectivity index (χ3n) is 5.15. The maximum Gasteiger partial charge on any atom is 0.217 e. The van der Waals surface area contributed by atoms with Crippen molar-refractivity contribution < 1.29 is 24.2 Å². The number of benzene rings is 1. The van der Waals surface area contributed by atoms with Crippen molar-refractivity contribution in [3.63, 3.8) is 0 Å². The highest BCUT2D eigenvalue weighted by molar-refractivity contribution is 6.01. The molecule has 2 heterocycles. The van der Waals surface area contributed by atoms with E-state index < -0.39 is 23.2 Å². The summed E-state index contributed by atoms with van der Waals surface area (Å²) in [4.78, 5) is 24.9. The van der Waals surface area contributed by atoms with E-state index in [1.807, 2.05) is 13.8 Å². The molecule has 7 nitrogen and oxygen atoms in total. The van der Waals surface area contributed by atoms with Gasteiger partial charge in [0.1, 0.15) is 11.9 Å². The number of Topliss-reactive ketones (excluding diaryl/α,β-unsaturated/α-hetero) is 1. The number of ether oxygens (including phenoxy) is 2. The molecule has 2 aromatic rings. The van der Waals surface area contributed by atoms with Gasteiger partial charge in [-0.1, -0.05) is 26.0 Å². The Labute approximate surface area is 170 Å². The number of carbonyl (C=O) groups excluding carboxylic acids is 2. The molecule has 156 valence electrons. The number of phenols is 1. The molecule has 1 fully saturated rings. The van der Waals surface area contributed by atoms with Crippen LogP contribution in [0.1, 0.15) is 50.2 Å². The zero-order valence-corrected chi connectivity index (χ0v) is 17.3. The van der Waals surface area contributed by atoms with Crippen molar-refractivity contribution in [1.82, 2.24) is 4.57 Å². The van der Waals surface area contributed by atoms with Crippen molar-refractivity contribution in [2.24, 2.45) is 11.1 Å². The maximum atomic E-state index is 13.5. The van der Waals surface area contributed by atoms with E-state index in [-0.39, 0.29) is 24.4 Å². The Morgan fingerprint density at radius 1 is 1.21 bits per heavy atom. The second-order valence-corrected chi connectivity index (χ2v) is 8.54. The molecule has 3 N–H and O–H groups in total. The lowest BCUT2D eigenvalue weighted by Gasteiger charge is -2.45. The Hall–Kier alpha value is -2.64. The first-order valence-corrected chi connectivity index (χ1v) is 9.65. The summed E-state index contributed by atoms with van der Waals surface area (Å²) in [6.07, 6.45) is 1.36. The molecule has 1 amide bonds. The number of hydrogen-bond donors (Lipinski definition) is 2. The minimum Gasteiger partial charge on any atom is -0.506 e. The van der Waals surface area contributed by atoms with Crippen LogP contribution in [0, 0.1) is 5.41 Å². The lowest BCUT2D eigenvalue weighted by Crippen LogP contribution is -2.53. The zero-order valence-electron chi connectivity index (χ0n) is 17.3. The highest BCUT2D eigenvalue weighted by Gasteiger charge is 2.46. The van der Waals surface area contributed by atoms with Gasteiger partial charge in [-0.15, -0.1) is 0 Å². The highest BCUT2D eigenvalue weighted by Crippen LogP contribution is 2.37. The number of rotatable bonds is 6. The predicted octanol–water partition coefficient (Wildman–Crippen LogP) is 2.96. The number of hydrogen-bond acceptors (Lipinski definition) is 5. The fourth-order valence-electron chi connectivity index (χ4n) is 3.54. The smallest absolute Gasteiger partial charge is 0.217 e. The molecule has 1 unspecified atom stereocenters. The summed E-state index contributed by atoms with van der Waals surface area (Å²) in [6, 6.07) is 8.53. The van der Waals surface area contributed by atoms with Crippen LogP contribution in [0.3, 0.4) is 0 Å². The predicted molar refractivity (Wildman–Crippen MR) is 108 cm³/mol. The quantitative estimate of drug-likeness (QED) is 0.726.